The lowest BCUT2D eigenvalue weighted by Crippen LogP contribution is -2.17. The third kappa shape index (κ3) is 2.31. The molecule has 3 rings (SSSR count). The van der Waals surface area contributed by atoms with Crippen LogP contribution in [0.5, 0.6) is 0 Å². The van der Waals surface area contributed by atoms with E-state index in [0.29, 0.717) is 5.92 Å². The third-order valence-corrected chi connectivity index (χ3v) is 4.61. The predicted octanol–water partition coefficient (Wildman–Crippen LogP) is 2.51. The van der Waals surface area contributed by atoms with Crippen molar-refractivity contribution in [2.45, 2.75) is 31.6 Å². The Bertz CT molecular complexity index is 521. The molecular formula is C14H17N3S. The van der Waals surface area contributed by atoms with Gasteiger partial charge in [-0.15, -0.1) is 11.3 Å². The molecule has 0 aliphatic heterocycles. The maximum atomic E-state index is 5.83. The summed E-state index contributed by atoms with van der Waals surface area (Å²) in [5.74, 6) is 0.479. The molecule has 3 nitrogen and oxygen atoms in total. The normalized spacial score (nSPS) is 18.6. The lowest BCUT2D eigenvalue weighted by molar-refractivity contribution is 0.553. The highest BCUT2D eigenvalue weighted by molar-refractivity contribution is 7.11. The van der Waals surface area contributed by atoms with Gasteiger partial charge in [0.05, 0.1) is 10.7 Å². The Kier molecular flexibility index (Phi) is 3.39. The van der Waals surface area contributed by atoms with Crippen LogP contribution in [0.25, 0.3) is 0 Å². The average Bonchev–Trinajstić information content (AvgIpc) is 2.82. The highest BCUT2D eigenvalue weighted by atomic mass is 32.1. The van der Waals surface area contributed by atoms with E-state index in [1.54, 1.807) is 6.20 Å². The SMILES string of the molecule is NCC1CCCc2sc(Cc3cccnc3)nc21. The fourth-order valence-electron chi connectivity index (χ4n) is 2.54. The standard InChI is InChI=1S/C14H17N3S/c15-8-11-4-1-5-12-14(11)17-13(18-12)7-10-3-2-6-16-9-10/h2-3,6,9,11H,1,4-5,7-8,15H2. The molecule has 0 aromatic carbocycles. The van der Waals surface area contributed by atoms with E-state index in [1.165, 1.54) is 40.4 Å². The van der Waals surface area contributed by atoms with Gasteiger partial charge in [-0.2, -0.15) is 0 Å². The molecule has 1 unspecified atom stereocenters. The molecule has 4 heteroatoms. The Labute approximate surface area is 111 Å². The molecule has 2 N–H and O–H groups in total. The van der Waals surface area contributed by atoms with Gasteiger partial charge in [-0.1, -0.05) is 6.07 Å². The number of nitrogens with two attached hydrogens (primary N) is 1. The van der Waals surface area contributed by atoms with Crippen LogP contribution in [0.1, 0.15) is 39.9 Å². The van der Waals surface area contributed by atoms with Crippen molar-refractivity contribution in [1.82, 2.24) is 9.97 Å². The van der Waals surface area contributed by atoms with E-state index in [-0.39, 0.29) is 0 Å². The minimum Gasteiger partial charge on any atom is -0.330 e. The zero-order chi connectivity index (χ0) is 12.4. The molecule has 2 heterocycles. The van der Waals surface area contributed by atoms with E-state index in [2.05, 4.69) is 11.1 Å². The lowest BCUT2D eigenvalue weighted by atomic mass is 9.91. The molecule has 2 aromatic heterocycles. The summed E-state index contributed by atoms with van der Waals surface area (Å²) in [5.41, 5.74) is 8.34. The Morgan fingerprint density at radius 2 is 2.39 bits per heavy atom. The molecular weight excluding hydrogens is 242 g/mol. The molecule has 2 aromatic rings. The number of hydrogen-bond acceptors (Lipinski definition) is 4. The van der Waals surface area contributed by atoms with Gasteiger partial charge in [0, 0.05) is 36.2 Å². The van der Waals surface area contributed by atoms with Crippen LogP contribution in [0, 0.1) is 0 Å². The van der Waals surface area contributed by atoms with Gasteiger partial charge in [0.25, 0.3) is 0 Å². The van der Waals surface area contributed by atoms with E-state index in [0.717, 1.165) is 13.0 Å². The van der Waals surface area contributed by atoms with Gasteiger partial charge >= 0.3 is 0 Å². The second-order valence-corrected chi connectivity index (χ2v) is 5.95. The van der Waals surface area contributed by atoms with E-state index in [4.69, 9.17) is 10.7 Å². The summed E-state index contributed by atoms with van der Waals surface area (Å²) in [7, 11) is 0. The van der Waals surface area contributed by atoms with Gasteiger partial charge in [-0.25, -0.2) is 4.98 Å². The molecule has 0 amide bonds. The molecule has 0 saturated carbocycles. The number of aromatic nitrogens is 2. The smallest absolute Gasteiger partial charge is 0.0975 e. The zero-order valence-electron chi connectivity index (χ0n) is 10.3. The summed E-state index contributed by atoms with van der Waals surface area (Å²) in [5, 5.41) is 1.20. The second-order valence-electron chi connectivity index (χ2n) is 4.78. The Hall–Kier alpha value is -1.26. The molecule has 0 fully saturated rings. The van der Waals surface area contributed by atoms with Gasteiger partial charge in [-0.05, 0) is 30.9 Å². The van der Waals surface area contributed by atoms with Gasteiger partial charge in [0.2, 0.25) is 0 Å². The first kappa shape index (κ1) is 11.8. The summed E-state index contributed by atoms with van der Waals surface area (Å²) < 4.78 is 0. The summed E-state index contributed by atoms with van der Waals surface area (Å²) in [6.45, 7) is 0.725. The van der Waals surface area contributed by atoms with Gasteiger partial charge in [-0.3, -0.25) is 4.98 Å². The summed E-state index contributed by atoms with van der Waals surface area (Å²) in [4.78, 5) is 10.4. The van der Waals surface area contributed by atoms with Gasteiger partial charge < -0.3 is 5.73 Å². The van der Waals surface area contributed by atoms with Crippen molar-refractivity contribution in [2.24, 2.45) is 5.73 Å². The molecule has 0 bridgehead atoms. The zero-order valence-corrected chi connectivity index (χ0v) is 11.1. The monoisotopic (exact) mass is 259 g/mol. The van der Waals surface area contributed by atoms with Crippen LogP contribution in [0.4, 0.5) is 0 Å². The summed E-state index contributed by atoms with van der Waals surface area (Å²) in [6, 6.07) is 4.08. The van der Waals surface area contributed by atoms with Gasteiger partial charge in [0.15, 0.2) is 0 Å². The number of pyridine rings is 1. The van der Waals surface area contributed by atoms with Gasteiger partial charge in [0.1, 0.15) is 0 Å². The first-order valence-electron chi connectivity index (χ1n) is 6.44. The molecule has 1 aliphatic rings. The van der Waals surface area contributed by atoms with Crippen molar-refractivity contribution in [2.75, 3.05) is 6.54 Å². The van der Waals surface area contributed by atoms with Crippen LogP contribution in [0.3, 0.4) is 0 Å². The number of fused-ring (bicyclic) bond motifs is 1. The maximum absolute atomic E-state index is 5.83. The molecule has 0 radical (unpaired) electrons. The number of rotatable bonds is 3. The minimum atomic E-state index is 0.479. The van der Waals surface area contributed by atoms with Crippen molar-refractivity contribution >= 4 is 11.3 Å². The van der Waals surface area contributed by atoms with Crippen molar-refractivity contribution in [3.63, 3.8) is 0 Å². The molecule has 0 spiro atoms. The number of nitrogens with zero attached hydrogens (tertiary/aromatic N) is 2. The van der Waals surface area contributed by atoms with Crippen LogP contribution in [-0.2, 0) is 12.8 Å². The quantitative estimate of drug-likeness (QED) is 0.921. The average molecular weight is 259 g/mol. The first-order valence-corrected chi connectivity index (χ1v) is 7.26. The highest BCUT2D eigenvalue weighted by Crippen LogP contribution is 2.34. The fourth-order valence-corrected chi connectivity index (χ4v) is 3.77. The number of thiazole rings is 1. The maximum Gasteiger partial charge on any atom is 0.0975 e. The predicted molar refractivity (Wildman–Crippen MR) is 73.9 cm³/mol. The van der Waals surface area contributed by atoms with E-state index < -0.39 is 0 Å². The van der Waals surface area contributed by atoms with E-state index >= 15 is 0 Å². The first-order chi connectivity index (χ1) is 8.86. The Morgan fingerprint density at radius 3 is 3.17 bits per heavy atom. The van der Waals surface area contributed by atoms with Crippen molar-refractivity contribution in [1.29, 1.82) is 0 Å². The summed E-state index contributed by atoms with van der Waals surface area (Å²) >= 11 is 1.85. The largest absolute Gasteiger partial charge is 0.330 e. The highest BCUT2D eigenvalue weighted by Gasteiger charge is 2.23. The van der Waals surface area contributed by atoms with Crippen molar-refractivity contribution in [3.05, 3.63) is 45.7 Å². The molecule has 0 saturated heterocycles. The Balaban J connectivity index is 1.84. The van der Waals surface area contributed by atoms with Crippen molar-refractivity contribution < 1.29 is 0 Å². The van der Waals surface area contributed by atoms with Crippen LogP contribution in [-0.4, -0.2) is 16.5 Å². The molecule has 94 valence electrons. The molecule has 1 aliphatic carbocycles. The molecule has 1 atom stereocenters. The third-order valence-electron chi connectivity index (χ3n) is 3.48. The molecule has 18 heavy (non-hydrogen) atoms. The Morgan fingerprint density at radius 1 is 1.44 bits per heavy atom. The van der Waals surface area contributed by atoms with E-state index in [1.807, 2.05) is 23.6 Å². The van der Waals surface area contributed by atoms with Crippen LogP contribution < -0.4 is 5.73 Å². The number of aryl methyl sites for hydroxylation is 1. The second kappa shape index (κ2) is 5.16. The number of hydrogen-bond donors (Lipinski definition) is 1. The van der Waals surface area contributed by atoms with Crippen LogP contribution in [0.2, 0.25) is 0 Å². The van der Waals surface area contributed by atoms with E-state index in [9.17, 15) is 0 Å². The van der Waals surface area contributed by atoms with Crippen LogP contribution >= 0.6 is 11.3 Å². The topological polar surface area (TPSA) is 51.8 Å². The lowest BCUT2D eigenvalue weighted by Gasteiger charge is -2.18. The minimum absolute atomic E-state index is 0.479. The summed E-state index contributed by atoms with van der Waals surface area (Å²) in [6.07, 6.45) is 8.24. The van der Waals surface area contributed by atoms with Crippen molar-refractivity contribution in [3.8, 4) is 0 Å². The van der Waals surface area contributed by atoms with Crippen LogP contribution in [0.15, 0.2) is 24.5 Å². The fraction of sp³-hybridized carbons (Fsp3) is 0.429.